The fourth-order valence-corrected chi connectivity index (χ4v) is 2.92. The highest BCUT2D eigenvalue weighted by atomic mass is 19.1. The van der Waals surface area contributed by atoms with E-state index < -0.39 is 17.6 Å². The Kier molecular flexibility index (Phi) is 5.31. The predicted octanol–water partition coefficient (Wildman–Crippen LogP) is 4.22. The van der Waals surface area contributed by atoms with Gasteiger partial charge in [-0.2, -0.15) is 5.10 Å². The number of amides is 2. The lowest BCUT2D eigenvalue weighted by Crippen LogP contribution is -2.17. The van der Waals surface area contributed by atoms with Gasteiger partial charge in [0.1, 0.15) is 11.6 Å². The number of fused-ring (bicyclic) bond motifs is 1. The molecule has 0 bridgehead atoms. The van der Waals surface area contributed by atoms with Gasteiger partial charge in [0.05, 0.1) is 16.9 Å². The third-order valence-electron chi connectivity index (χ3n) is 4.51. The van der Waals surface area contributed by atoms with Crippen LogP contribution in [0.25, 0.3) is 23.1 Å². The summed E-state index contributed by atoms with van der Waals surface area (Å²) in [7, 11) is 1.43. The minimum absolute atomic E-state index is 0.0355. The summed E-state index contributed by atoms with van der Waals surface area (Å²) in [5.41, 5.74) is 1.63. The third kappa shape index (κ3) is 4.20. The van der Waals surface area contributed by atoms with E-state index in [9.17, 15) is 18.4 Å². The molecule has 4 rings (SSSR count). The van der Waals surface area contributed by atoms with E-state index in [0.717, 1.165) is 5.56 Å². The van der Waals surface area contributed by atoms with Crippen LogP contribution in [0.5, 0.6) is 0 Å². The molecule has 2 aromatic heterocycles. The molecule has 7 nitrogen and oxygen atoms in total. The molecule has 0 atom stereocenters. The Hall–Kier alpha value is -4.27. The van der Waals surface area contributed by atoms with Crippen molar-refractivity contribution in [2.24, 2.45) is 0 Å². The normalized spacial score (nSPS) is 11.2. The molecular weight excluding hydrogens is 406 g/mol. The lowest BCUT2D eigenvalue weighted by Gasteiger charge is -2.05. The molecule has 0 saturated heterocycles. The Labute approximate surface area is 174 Å². The Morgan fingerprint density at radius 3 is 2.42 bits per heavy atom. The SMILES string of the molecule is CNC(=O)c1ccc(C(=O)Nc2cc3c(C=Cc4ccc(F)cc4)n[nH]c3cc2F)o1. The zero-order chi connectivity index (χ0) is 22.0. The van der Waals surface area contributed by atoms with E-state index in [1.807, 2.05) is 0 Å². The molecule has 3 N–H and O–H groups in total. The van der Waals surface area contributed by atoms with Gasteiger partial charge in [0, 0.05) is 18.5 Å². The molecule has 0 aliphatic rings. The van der Waals surface area contributed by atoms with Crippen molar-refractivity contribution < 1.29 is 22.8 Å². The van der Waals surface area contributed by atoms with Crippen molar-refractivity contribution >= 4 is 40.6 Å². The number of nitrogens with zero attached hydrogens (tertiary/aromatic N) is 1. The van der Waals surface area contributed by atoms with E-state index in [0.29, 0.717) is 16.6 Å². The number of carbonyl (C=O) groups is 2. The molecule has 31 heavy (non-hydrogen) atoms. The Bertz CT molecular complexity index is 1310. The van der Waals surface area contributed by atoms with Crippen LogP contribution in [-0.2, 0) is 0 Å². The fourth-order valence-electron chi connectivity index (χ4n) is 2.92. The molecule has 0 aliphatic carbocycles. The van der Waals surface area contributed by atoms with Crippen molar-refractivity contribution in [1.82, 2.24) is 15.5 Å². The summed E-state index contributed by atoms with van der Waals surface area (Å²) < 4.78 is 32.7. The fraction of sp³-hybridized carbons (Fsp3) is 0.0455. The molecule has 9 heteroatoms. The van der Waals surface area contributed by atoms with Gasteiger partial charge in [-0.25, -0.2) is 8.78 Å². The second-order valence-electron chi connectivity index (χ2n) is 6.57. The average molecular weight is 422 g/mol. The van der Waals surface area contributed by atoms with E-state index in [4.69, 9.17) is 4.42 Å². The Morgan fingerprint density at radius 1 is 1.00 bits per heavy atom. The number of hydrogen-bond acceptors (Lipinski definition) is 4. The molecule has 4 aromatic rings. The van der Waals surface area contributed by atoms with E-state index in [-0.39, 0.29) is 23.0 Å². The molecule has 0 fully saturated rings. The molecular formula is C22H16F2N4O3. The quantitative estimate of drug-likeness (QED) is 0.448. The number of halogens is 2. The van der Waals surface area contributed by atoms with Gasteiger partial charge in [-0.05, 0) is 42.0 Å². The number of aromatic amines is 1. The minimum Gasteiger partial charge on any atom is -0.446 e. The van der Waals surface area contributed by atoms with Gasteiger partial charge < -0.3 is 15.1 Å². The van der Waals surface area contributed by atoms with Crippen molar-refractivity contribution in [3.05, 3.63) is 82.9 Å². The summed E-state index contributed by atoms with van der Waals surface area (Å²) in [6, 6.07) is 11.2. The first-order valence-electron chi connectivity index (χ1n) is 9.19. The number of furan rings is 1. The number of anilines is 1. The largest absolute Gasteiger partial charge is 0.446 e. The van der Waals surface area contributed by atoms with Gasteiger partial charge in [-0.1, -0.05) is 18.2 Å². The maximum atomic E-state index is 14.5. The van der Waals surface area contributed by atoms with E-state index in [1.54, 1.807) is 24.3 Å². The molecule has 2 aromatic carbocycles. The molecule has 0 unspecified atom stereocenters. The summed E-state index contributed by atoms with van der Waals surface area (Å²) in [5, 5.41) is 12.3. The highest BCUT2D eigenvalue weighted by Gasteiger charge is 2.17. The topological polar surface area (TPSA) is 100 Å². The highest BCUT2D eigenvalue weighted by molar-refractivity contribution is 6.04. The van der Waals surface area contributed by atoms with Crippen LogP contribution in [0.4, 0.5) is 14.5 Å². The number of H-pyrrole nitrogens is 1. The van der Waals surface area contributed by atoms with E-state index in [2.05, 4.69) is 20.8 Å². The van der Waals surface area contributed by atoms with Crippen LogP contribution in [0.3, 0.4) is 0 Å². The van der Waals surface area contributed by atoms with Gasteiger partial charge in [0.15, 0.2) is 11.5 Å². The second-order valence-corrected chi connectivity index (χ2v) is 6.57. The van der Waals surface area contributed by atoms with Crippen molar-refractivity contribution in [2.45, 2.75) is 0 Å². The standard InChI is InChI=1S/C22H16F2N4O3/c1-25-21(29)19-8-9-20(31-19)22(30)26-18-10-14-16(27-28-17(14)11-15(18)24)7-4-12-2-5-13(23)6-3-12/h2-11H,1H3,(H,25,29)(H,26,30)(H,27,28). The summed E-state index contributed by atoms with van der Waals surface area (Å²) >= 11 is 0. The number of nitrogens with one attached hydrogen (secondary N) is 3. The smallest absolute Gasteiger partial charge is 0.291 e. The van der Waals surface area contributed by atoms with Crippen LogP contribution in [0.15, 0.2) is 52.9 Å². The second kappa shape index (κ2) is 8.23. The molecule has 0 saturated carbocycles. The van der Waals surface area contributed by atoms with Crippen molar-refractivity contribution in [2.75, 3.05) is 12.4 Å². The van der Waals surface area contributed by atoms with Crippen LogP contribution in [0.2, 0.25) is 0 Å². The van der Waals surface area contributed by atoms with Crippen LogP contribution in [-0.4, -0.2) is 29.1 Å². The lowest BCUT2D eigenvalue weighted by atomic mass is 10.1. The predicted molar refractivity (Wildman–Crippen MR) is 111 cm³/mol. The summed E-state index contributed by atoms with van der Waals surface area (Å²) in [4.78, 5) is 24.0. The Morgan fingerprint density at radius 2 is 1.71 bits per heavy atom. The molecule has 0 spiro atoms. The highest BCUT2D eigenvalue weighted by Crippen LogP contribution is 2.26. The van der Waals surface area contributed by atoms with Crippen LogP contribution in [0, 0.1) is 11.6 Å². The van der Waals surface area contributed by atoms with Crippen molar-refractivity contribution in [3.63, 3.8) is 0 Å². The molecule has 0 aliphatic heterocycles. The van der Waals surface area contributed by atoms with Crippen LogP contribution in [0.1, 0.15) is 32.4 Å². The van der Waals surface area contributed by atoms with E-state index in [1.165, 1.54) is 43.4 Å². The Balaban J connectivity index is 1.59. The molecule has 2 heterocycles. The zero-order valence-electron chi connectivity index (χ0n) is 16.2. The van der Waals surface area contributed by atoms with E-state index >= 15 is 0 Å². The number of benzene rings is 2. The van der Waals surface area contributed by atoms with Crippen LogP contribution >= 0.6 is 0 Å². The molecule has 0 radical (unpaired) electrons. The maximum absolute atomic E-state index is 14.5. The van der Waals surface area contributed by atoms with Gasteiger partial charge in [-0.3, -0.25) is 14.7 Å². The van der Waals surface area contributed by atoms with Crippen LogP contribution < -0.4 is 10.6 Å². The first-order chi connectivity index (χ1) is 14.9. The number of rotatable bonds is 5. The van der Waals surface area contributed by atoms with Gasteiger partial charge in [0.2, 0.25) is 0 Å². The van der Waals surface area contributed by atoms with Gasteiger partial charge in [0.25, 0.3) is 11.8 Å². The summed E-state index contributed by atoms with van der Waals surface area (Å²) in [6.45, 7) is 0. The molecule has 2 amide bonds. The number of aromatic nitrogens is 2. The van der Waals surface area contributed by atoms with Gasteiger partial charge in [-0.15, -0.1) is 0 Å². The van der Waals surface area contributed by atoms with Gasteiger partial charge >= 0.3 is 0 Å². The zero-order valence-corrected chi connectivity index (χ0v) is 16.2. The average Bonchev–Trinajstić information content (AvgIpc) is 3.40. The van der Waals surface area contributed by atoms with Crippen molar-refractivity contribution in [3.8, 4) is 0 Å². The lowest BCUT2D eigenvalue weighted by molar-refractivity contribution is 0.0927. The molecule has 156 valence electrons. The third-order valence-corrected chi connectivity index (χ3v) is 4.51. The first kappa shape index (κ1) is 20.0. The number of carbonyl (C=O) groups excluding carboxylic acids is 2. The first-order valence-corrected chi connectivity index (χ1v) is 9.19. The number of hydrogen-bond donors (Lipinski definition) is 3. The monoisotopic (exact) mass is 422 g/mol. The maximum Gasteiger partial charge on any atom is 0.291 e. The summed E-state index contributed by atoms with van der Waals surface area (Å²) in [6.07, 6.45) is 3.43. The summed E-state index contributed by atoms with van der Waals surface area (Å²) in [5.74, 6) is -2.37. The van der Waals surface area contributed by atoms with Crippen molar-refractivity contribution in [1.29, 1.82) is 0 Å². The minimum atomic E-state index is -0.708.